The van der Waals surface area contributed by atoms with Gasteiger partial charge in [-0.05, 0) is 170 Å². The fourth-order valence-electron chi connectivity index (χ4n) is 15.5. The molecule has 0 radical (unpaired) electrons. The van der Waals surface area contributed by atoms with Crippen molar-refractivity contribution in [2.45, 2.75) is 24.6 Å². The van der Waals surface area contributed by atoms with E-state index in [1.165, 1.54) is 85.9 Å². The van der Waals surface area contributed by atoms with E-state index in [0.29, 0.717) is 49.4 Å². The normalized spacial score (nSPS) is 13.4. The van der Waals surface area contributed by atoms with Gasteiger partial charge in [0.1, 0.15) is 119 Å². The first-order chi connectivity index (χ1) is 52.5. The van der Waals surface area contributed by atoms with E-state index in [9.17, 15) is 0 Å². The van der Waals surface area contributed by atoms with Crippen LogP contribution >= 0.6 is 29.0 Å². The Hall–Kier alpha value is -10.1. The summed E-state index contributed by atoms with van der Waals surface area (Å²) in [7, 11) is -9.91. The lowest BCUT2D eigenvalue weighted by Gasteiger charge is -2.31. The molecule has 0 aliphatic carbocycles. The molecule has 0 aromatic heterocycles. The van der Waals surface area contributed by atoms with Gasteiger partial charge in [0.15, 0.2) is 23.0 Å². The molecule has 0 saturated carbocycles. The fourth-order valence-corrected chi connectivity index (χ4v) is 32.6. The highest BCUT2D eigenvalue weighted by molar-refractivity contribution is 7.96. The van der Waals surface area contributed by atoms with Crippen molar-refractivity contribution in [1.82, 2.24) is 0 Å². The molecule has 0 fully saturated rings. The van der Waals surface area contributed by atoms with Gasteiger partial charge in [-0.3, -0.25) is 0 Å². The molecule has 0 bridgehead atoms. The first-order valence-electron chi connectivity index (χ1n) is 36.7. The van der Waals surface area contributed by atoms with E-state index in [1.807, 2.05) is 0 Å². The van der Waals surface area contributed by atoms with Crippen molar-refractivity contribution in [3.05, 3.63) is 411 Å². The second-order valence-corrected chi connectivity index (χ2v) is 40.6. The molecule has 10 heteroatoms. The standard InChI is InChI=1S/C96H88O6P4/c1-13-37-81(38-14-1)103(82-39-15-2-16-40-82,83-41-17-3-18-42-83)73-77-69-93-94(70-78(77)74-104(84-43-19-4-20-44-84,85-45-21-5-22-46-85)86-47-23-6-24-48-86)100-66-62-98-64-68-102-96-72-80(76-106(90-55-31-10-32-56-90,91-57-33-11-34-58-91)92-59-35-12-36-60-92)79(71-95(96)101-67-63-97-61-65-99-93)75-105(87-49-25-7-26-50-87,88-51-27-8-28-52-88)89-53-29-9-30-54-89/h1-60,69-72H,61-68,73-76H2/q+4. The van der Waals surface area contributed by atoms with Gasteiger partial charge in [-0.25, -0.2) is 0 Å². The Morgan fingerprint density at radius 2 is 0.283 bits per heavy atom. The van der Waals surface area contributed by atoms with E-state index in [4.69, 9.17) is 28.4 Å². The quantitative estimate of drug-likeness (QED) is 0.0709. The Morgan fingerprint density at radius 1 is 0.160 bits per heavy atom. The van der Waals surface area contributed by atoms with Crippen LogP contribution in [0.25, 0.3) is 0 Å². The van der Waals surface area contributed by atoms with Crippen LogP contribution in [0.2, 0.25) is 0 Å². The van der Waals surface area contributed by atoms with Crippen LogP contribution in [-0.2, 0) is 34.1 Å². The molecule has 6 nitrogen and oxygen atoms in total. The van der Waals surface area contributed by atoms with Crippen LogP contribution in [0.4, 0.5) is 0 Å². The monoisotopic (exact) mass is 1460 g/mol. The van der Waals surface area contributed by atoms with Gasteiger partial charge in [0.2, 0.25) is 0 Å². The third-order valence-corrected chi connectivity index (χ3v) is 37.9. The van der Waals surface area contributed by atoms with Gasteiger partial charge in [0, 0.05) is 22.3 Å². The summed E-state index contributed by atoms with van der Waals surface area (Å²) in [6.45, 7) is 2.29. The summed E-state index contributed by atoms with van der Waals surface area (Å²) in [5.41, 5.74) is 4.81. The van der Waals surface area contributed by atoms with E-state index in [-0.39, 0.29) is 26.4 Å². The first kappa shape index (κ1) is 71.5. The molecular weight excluding hydrogens is 1370 g/mol. The Morgan fingerprint density at radius 3 is 0.406 bits per heavy atom. The van der Waals surface area contributed by atoms with Gasteiger partial charge < -0.3 is 28.4 Å². The van der Waals surface area contributed by atoms with Crippen molar-refractivity contribution in [1.29, 1.82) is 0 Å². The van der Waals surface area contributed by atoms with Gasteiger partial charge in [-0.15, -0.1) is 0 Å². The topological polar surface area (TPSA) is 55.4 Å². The molecule has 1 heterocycles. The van der Waals surface area contributed by atoms with Crippen LogP contribution < -0.4 is 82.6 Å². The summed E-state index contributed by atoms with van der Waals surface area (Å²) in [5, 5.41) is 15.7. The van der Waals surface area contributed by atoms with Crippen molar-refractivity contribution in [2.75, 3.05) is 52.9 Å². The van der Waals surface area contributed by atoms with E-state index in [0.717, 1.165) is 24.6 Å². The van der Waals surface area contributed by atoms with Crippen molar-refractivity contribution in [3.8, 4) is 23.0 Å². The summed E-state index contributed by atoms with van der Waals surface area (Å²) in [5.74, 6) is 2.65. The van der Waals surface area contributed by atoms with Crippen LogP contribution in [0.1, 0.15) is 22.3 Å². The van der Waals surface area contributed by atoms with Crippen LogP contribution in [0.15, 0.2) is 388 Å². The first-order valence-corrected chi connectivity index (χ1v) is 44.6. The van der Waals surface area contributed by atoms with E-state index >= 15 is 0 Å². The van der Waals surface area contributed by atoms with Gasteiger partial charge in [0.25, 0.3) is 0 Å². The molecule has 524 valence electrons. The molecule has 0 N–H and O–H groups in total. The second-order valence-electron chi connectivity index (χ2n) is 26.7. The molecular formula is C96H88O6P4+4. The third kappa shape index (κ3) is 15.3. The predicted octanol–water partition coefficient (Wildman–Crippen LogP) is 16.9. The Labute approximate surface area is 628 Å². The Kier molecular flexibility index (Phi) is 23.2. The van der Waals surface area contributed by atoms with Gasteiger partial charge >= 0.3 is 0 Å². The van der Waals surface area contributed by atoms with E-state index in [2.05, 4.69) is 388 Å². The van der Waals surface area contributed by atoms with E-state index in [1.54, 1.807) is 0 Å². The summed E-state index contributed by atoms with van der Waals surface area (Å²) in [4.78, 5) is 0. The number of benzene rings is 14. The SMILES string of the molecule is c1ccc([P+](Cc2cc3c(cc2C[P+](c2ccccc2)(c2ccccc2)c2ccccc2)OCCOCCOc2cc(C[P+](c4ccccc4)(c4ccccc4)c4ccccc4)c(C[P+](c4ccccc4)(c4ccccc4)c4ccccc4)cc2OCCOCCO3)(c2ccccc2)c2ccccc2)cc1. The van der Waals surface area contributed by atoms with Crippen LogP contribution in [0.5, 0.6) is 23.0 Å². The van der Waals surface area contributed by atoms with Crippen molar-refractivity contribution in [3.63, 3.8) is 0 Å². The lowest BCUT2D eigenvalue weighted by molar-refractivity contribution is 0.0639. The number of ether oxygens (including phenoxy) is 6. The highest BCUT2D eigenvalue weighted by atomic mass is 31.2. The number of hydrogen-bond acceptors (Lipinski definition) is 6. The largest absolute Gasteiger partial charge is 0.487 e. The lowest BCUT2D eigenvalue weighted by atomic mass is 10.1. The molecule has 1 aliphatic heterocycles. The molecule has 0 atom stereocenters. The lowest BCUT2D eigenvalue weighted by Crippen LogP contribution is -2.34. The van der Waals surface area contributed by atoms with Crippen LogP contribution in [0.3, 0.4) is 0 Å². The smallest absolute Gasteiger partial charge is 0.161 e. The zero-order chi connectivity index (χ0) is 71.5. The maximum atomic E-state index is 7.10. The molecule has 1 aliphatic rings. The van der Waals surface area contributed by atoms with E-state index < -0.39 is 29.0 Å². The van der Waals surface area contributed by atoms with Crippen molar-refractivity contribution >= 4 is 92.7 Å². The summed E-state index contributed by atoms with van der Waals surface area (Å²) in [6, 6.07) is 144. The third-order valence-electron chi connectivity index (χ3n) is 20.5. The van der Waals surface area contributed by atoms with Gasteiger partial charge in [0.05, 0.1) is 51.1 Å². The number of rotatable bonds is 20. The molecule has 0 spiro atoms. The maximum absolute atomic E-state index is 7.10. The molecule has 14 aromatic carbocycles. The van der Waals surface area contributed by atoms with Crippen LogP contribution in [-0.4, -0.2) is 52.9 Å². The molecule has 0 amide bonds. The highest BCUT2D eigenvalue weighted by Gasteiger charge is 2.52. The number of hydrogen-bond donors (Lipinski definition) is 0. The molecule has 14 aromatic rings. The second kappa shape index (κ2) is 34.4. The Bertz CT molecular complexity index is 4010. The van der Waals surface area contributed by atoms with Gasteiger partial charge in [-0.2, -0.15) is 0 Å². The molecule has 106 heavy (non-hydrogen) atoms. The summed E-state index contributed by atoms with van der Waals surface area (Å²) < 4.78 is 41.6. The minimum atomic E-state index is -2.48. The minimum absolute atomic E-state index is 0.267. The fraction of sp³-hybridized carbons (Fsp3) is 0.125. The number of fused-ring (bicyclic) bond motifs is 2. The maximum Gasteiger partial charge on any atom is 0.161 e. The van der Waals surface area contributed by atoms with Crippen molar-refractivity contribution < 1.29 is 28.4 Å². The zero-order valence-corrected chi connectivity index (χ0v) is 63.3. The summed E-state index contributed by atoms with van der Waals surface area (Å²) in [6.07, 6.45) is 2.89. The molecule has 15 rings (SSSR count). The molecule has 0 unspecified atom stereocenters. The average Bonchev–Trinajstić information content (AvgIpc) is 0.743. The Balaban J connectivity index is 0.825. The summed E-state index contributed by atoms with van der Waals surface area (Å²) >= 11 is 0. The van der Waals surface area contributed by atoms with Gasteiger partial charge in [-0.1, -0.05) is 218 Å². The minimum Gasteiger partial charge on any atom is -0.487 e. The highest BCUT2D eigenvalue weighted by Crippen LogP contribution is 2.65. The zero-order valence-electron chi connectivity index (χ0n) is 59.7. The van der Waals surface area contributed by atoms with Crippen molar-refractivity contribution in [2.24, 2.45) is 0 Å². The van der Waals surface area contributed by atoms with Crippen LogP contribution in [0, 0.1) is 0 Å². The molecule has 0 saturated heterocycles. The average molecular weight is 1460 g/mol. The predicted molar refractivity (Wildman–Crippen MR) is 452 cm³/mol.